The van der Waals surface area contributed by atoms with Crippen LogP contribution in [0, 0.1) is 0 Å². The van der Waals surface area contributed by atoms with Gasteiger partial charge in [0.15, 0.2) is 0 Å². The molecule has 0 aliphatic carbocycles. The molecular formula is C27H21ClF3N3O3. The number of aliphatic carboxylic acids is 1. The second-order valence-electron chi connectivity index (χ2n) is 8.30. The number of halogens is 4. The molecule has 0 unspecified atom stereocenters. The molecule has 0 spiro atoms. The van der Waals surface area contributed by atoms with Gasteiger partial charge in [-0.2, -0.15) is 13.2 Å². The summed E-state index contributed by atoms with van der Waals surface area (Å²) in [4.78, 5) is 18.0. The number of carboxylic acids is 1. The molecule has 0 aliphatic rings. The van der Waals surface area contributed by atoms with Gasteiger partial charge in [-0.05, 0) is 67.4 Å². The van der Waals surface area contributed by atoms with Crippen LogP contribution in [0.4, 0.5) is 13.2 Å². The lowest BCUT2D eigenvalue weighted by atomic mass is 10.1. The Morgan fingerprint density at radius 3 is 2.35 bits per heavy atom. The van der Waals surface area contributed by atoms with Crippen molar-refractivity contribution in [2.24, 2.45) is 0 Å². The number of ether oxygens (including phenoxy) is 1. The first-order valence-electron chi connectivity index (χ1n) is 11.1. The first kappa shape index (κ1) is 26.0. The van der Waals surface area contributed by atoms with Crippen LogP contribution in [0.5, 0.6) is 5.75 Å². The Bertz CT molecular complexity index is 1560. The molecular weight excluding hydrogens is 507 g/mol. The number of imidazole rings is 1. The van der Waals surface area contributed by atoms with Gasteiger partial charge in [-0.1, -0.05) is 29.8 Å². The summed E-state index contributed by atoms with van der Waals surface area (Å²) < 4.78 is 39.6. The number of alkyl halides is 3. The summed E-state index contributed by atoms with van der Waals surface area (Å²) >= 11 is 6.14. The van der Waals surface area contributed by atoms with Crippen molar-refractivity contribution < 1.29 is 27.8 Å². The van der Waals surface area contributed by atoms with Crippen molar-refractivity contribution in [3.8, 4) is 28.1 Å². The van der Waals surface area contributed by atoms with E-state index in [1.807, 2.05) is 62.6 Å². The number of aromatic nitrogens is 3. The van der Waals surface area contributed by atoms with E-state index in [1.54, 1.807) is 0 Å². The Balaban J connectivity index is 0.000000405. The van der Waals surface area contributed by atoms with Crippen LogP contribution in [0.2, 0.25) is 5.02 Å². The molecule has 5 aromatic rings. The standard InChI is InChI=1S/C25H20ClN3O.C2HF3O2/c1-16(2)30-20-6-3-17(4-7-20)18-10-12-29-24(15-28-25(29)13-18)22-9-11-27-23-14-19(26)5-8-21(22)23;3-2(4,5)1(6)7/h3-16H,1-2H3;(H,6,7). The predicted octanol–water partition coefficient (Wildman–Crippen LogP) is 7.29. The van der Waals surface area contributed by atoms with Gasteiger partial charge in [0.2, 0.25) is 0 Å². The van der Waals surface area contributed by atoms with Gasteiger partial charge in [-0.3, -0.25) is 9.38 Å². The highest BCUT2D eigenvalue weighted by Crippen LogP contribution is 2.31. The predicted molar refractivity (Wildman–Crippen MR) is 136 cm³/mol. The third-order valence-corrected chi connectivity index (χ3v) is 5.53. The summed E-state index contributed by atoms with van der Waals surface area (Å²) in [6.07, 6.45) is 0.856. The van der Waals surface area contributed by atoms with E-state index in [2.05, 4.69) is 44.8 Å². The fraction of sp³-hybridized carbons (Fsp3) is 0.148. The Kier molecular flexibility index (Phi) is 7.35. The molecule has 10 heteroatoms. The first-order valence-corrected chi connectivity index (χ1v) is 11.5. The van der Waals surface area contributed by atoms with E-state index < -0.39 is 12.1 Å². The first-order chi connectivity index (χ1) is 17.5. The number of pyridine rings is 2. The Hall–Kier alpha value is -4.11. The molecule has 0 radical (unpaired) electrons. The summed E-state index contributed by atoms with van der Waals surface area (Å²) in [5.41, 5.74) is 6.10. The van der Waals surface area contributed by atoms with Crippen molar-refractivity contribution in [1.82, 2.24) is 14.4 Å². The zero-order valence-corrected chi connectivity index (χ0v) is 20.5. The Labute approximate surface area is 214 Å². The second kappa shape index (κ2) is 10.5. The van der Waals surface area contributed by atoms with E-state index in [1.165, 1.54) is 0 Å². The molecule has 0 fully saturated rings. The van der Waals surface area contributed by atoms with Crippen LogP contribution in [0.25, 0.3) is 38.9 Å². The van der Waals surface area contributed by atoms with Crippen LogP contribution in [0.3, 0.4) is 0 Å². The van der Waals surface area contributed by atoms with Crippen molar-refractivity contribution in [2.45, 2.75) is 26.1 Å². The number of benzene rings is 2. The molecule has 0 aliphatic heterocycles. The van der Waals surface area contributed by atoms with E-state index in [0.29, 0.717) is 5.02 Å². The molecule has 0 saturated heterocycles. The van der Waals surface area contributed by atoms with Crippen LogP contribution < -0.4 is 4.74 Å². The van der Waals surface area contributed by atoms with Gasteiger partial charge in [-0.15, -0.1) is 0 Å². The summed E-state index contributed by atoms with van der Waals surface area (Å²) in [6.45, 7) is 4.05. The third kappa shape index (κ3) is 6.00. The van der Waals surface area contributed by atoms with Crippen LogP contribution in [0.1, 0.15) is 13.8 Å². The fourth-order valence-electron chi connectivity index (χ4n) is 3.70. The number of carbonyl (C=O) groups is 1. The molecule has 2 aromatic carbocycles. The molecule has 190 valence electrons. The van der Waals surface area contributed by atoms with Gasteiger partial charge < -0.3 is 9.84 Å². The van der Waals surface area contributed by atoms with Crippen LogP contribution in [-0.2, 0) is 4.79 Å². The van der Waals surface area contributed by atoms with Gasteiger partial charge in [-0.25, -0.2) is 9.78 Å². The summed E-state index contributed by atoms with van der Waals surface area (Å²) in [7, 11) is 0. The van der Waals surface area contributed by atoms with Crippen molar-refractivity contribution in [3.05, 3.63) is 84.3 Å². The maximum absolute atomic E-state index is 10.6. The van der Waals surface area contributed by atoms with E-state index in [0.717, 1.165) is 44.7 Å². The summed E-state index contributed by atoms with van der Waals surface area (Å²) in [5.74, 6) is -1.88. The molecule has 0 atom stereocenters. The fourth-order valence-corrected chi connectivity index (χ4v) is 3.87. The Morgan fingerprint density at radius 1 is 1.00 bits per heavy atom. The van der Waals surface area contributed by atoms with Gasteiger partial charge >= 0.3 is 12.1 Å². The van der Waals surface area contributed by atoms with Crippen molar-refractivity contribution in [1.29, 1.82) is 0 Å². The summed E-state index contributed by atoms with van der Waals surface area (Å²) in [5, 5.41) is 8.85. The van der Waals surface area contributed by atoms with Gasteiger partial charge in [0.25, 0.3) is 0 Å². The van der Waals surface area contributed by atoms with Crippen molar-refractivity contribution in [2.75, 3.05) is 0 Å². The minimum absolute atomic E-state index is 0.163. The van der Waals surface area contributed by atoms with Crippen LogP contribution in [0.15, 0.2) is 79.3 Å². The minimum Gasteiger partial charge on any atom is -0.491 e. The molecule has 3 aromatic heterocycles. The van der Waals surface area contributed by atoms with E-state index >= 15 is 0 Å². The van der Waals surface area contributed by atoms with E-state index in [4.69, 9.17) is 26.2 Å². The lowest BCUT2D eigenvalue weighted by Crippen LogP contribution is -2.21. The molecule has 0 amide bonds. The highest BCUT2D eigenvalue weighted by atomic mass is 35.5. The normalized spacial score (nSPS) is 11.4. The van der Waals surface area contributed by atoms with Gasteiger partial charge in [0, 0.05) is 28.4 Å². The van der Waals surface area contributed by atoms with E-state index in [9.17, 15) is 13.2 Å². The monoisotopic (exact) mass is 527 g/mol. The number of fused-ring (bicyclic) bond motifs is 2. The molecule has 37 heavy (non-hydrogen) atoms. The zero-order valence-electron chi connectivity index (χ0n) is 19.7. The highest BCUT2D eigenvalue weighted by Gasteiger charge is 2.38. The number of hydrogen-bond acceptors (Lipinski definition) is 4. The lowest BCUT2D eigenvalue weighted by Gasteiger charge is -2.10. The lowest BCUT2D eigenvalue weighted by molar-refractivity contribution is -0.192. The Morgan fingerprint density at radius 2 is 1.70 bits per heavy atom. The second-order valence-corrected chi connectivity index (χ2v) is 8.74. The van der Waals surface area contributed by atoms with Gasteiger partial charge in [0.05, 0.1) is 23.5 Å². The average molecular weight is 528 g/mol. The number of carboxylic acid groups (broad SMARTS) is 1. The highest BCUT2D eigenvalue weighted by molar-refractivity contribution is 6.31. The quantitative estimate of drug-likeness (QED) is 0.265. The SMILES string of the molecule is CC(C)Oc1ccc(-c2ccn3c(-c4ccnc5cc(Cl)ccc45)cnc3c2)cc1.O=C(O)C(F)(F)F. The maximum Gasteiger partial charge on any atom is 0.490 e. The van der Waals surface area contributed by atoms with Crippen LogP contribution in [-0.4, -0.2) is 37.7 Å². The molecule has 0 bridgehead atoms. The third-order valence-electron chi connectivity index (χ3n) is 5.30. The topological polar surface area (TPSA) is 76.7 Å². The largest absolute Gasteiger partial charge is 0.491 e. The smallest absolute Gasteiger partial charge is 0.490 e. The van der Waals surface area contributed by atoms with E-state index in [-0.39, 0.29) is 6.10 Å². The maximum atomic E-state index is 10.6. The molecule has 5 rings (SSSR count). The molecule has 1 N–H and O–H groups in total. The summed E-state index contributed by atoms with van der Waals surface area (Å²) in [6, 6.07) is 20.2. The number of rotatable bonds is 4. The average Bonchev–Trinajstić information content (AvgIpc) is 3.26. The van der Waals surface area contributed by atoms with Crippen LogP contribution >= 0.6 is 11.6 Å². The van der Waals surface area contributed by atoms with Crippen molar-refractivity contribution in [3.63, 3.8) is 0 Å². The zero-order chi connectivity index (χ0) is 26.7. The minimum atomic E-state index is -5.08. The number of nitrogens with zero attached hydrogens (tertiary/aromatic N) is 3. The number of hydrogen-bond donors (Lipinski definition) is 1. The van der Waals surface area contributed by atoms with Crippen molar-refractivity contribution >= 4 is 34.1 Å². The molecule has 0 saturated carbocycles. The van der Waals surface area contributed by atoms with Gasteiger partial charge in [0.1, 0.15) is 11.4 Å². The molecule has 6 nitrogen and oxygen atoms in total. The molecule has 3 heterocycles.